The number of carbonyl (C=O) groups is 1. The summed E-state index contributed by atoms with van der Waals surface area (Å²) in [5.41, 5.74) is 6.54. The molecule has 0 radical (unpaired) electrons. The number of nitrogens with two attached hydrogens (primary N) is 1. The number of nitrogens with one attached hydrogen (secondary N) is 1. The van der Waals surface area contributed by atoms with Crippen LogP contribution < -0.4 is 20.5 Å². The van der Waals surface area contributed by atoms with Crippen molar-refractivity contribution in [3.63, 3.8) is 0 Å². The lowest BCUT2D eigenvalue weighted by Crippen LogP contribution is -2.37. The van der Waals surface area contributed by atoms with Gasteiger partial charge in [-0.1, -0.05) is 13.8 Å². The van der Waals surface area contributed by atoms with Gasteiger partial charge in [-0.05, 0) is 37.0 Å². The van der Waals surface area contributed by atoms with Gasteiger partial charge in [-0.3, -0.25) is 4.79 Å². The summed E-state index contributed by atoms with van der Waals surface area (Å²) in [6.07, 6.45) is 0.393. The largest absolute Gasteiger partial charge is 0.497 e. The second-order valence-electron chi connectivity index (χ2n) is 5.45. The molecule has 0 aromatic heterocycles. The molecule has 0 fully saturated rings. The zero-order valence-corrected chi connectivity index (χ0v) is 13.3. The second kappa shape index (κ2) is 8.52. The molecule has 1 rings (SSSR count). The minimum absolute atomic E-state index is 0.118. The number of benzene rings is 1. The van der Waals surface area contributed by atoms with Gasteiger partial charge in [0.05, 0.1) is 7.11 Å². The van der Waals surface area contributed by atoms with Crippen molar-refractivity contribution in [2.24, 2.45) is 11.7 Å². The summed E-state index contributed by atoms with van der Waals surface area (Å²) in [6.45, 7) is 7.03. The van der Waals surface area contributed by atoms with Gasteiger partial charge in [0.25, 0.3) is 5.91 Å². The van der Waals surface area contributed by atoms with Gasteiger partial charge in [-0.2, -0.15) is 0 Å². The third-order valence-electron chi connectivity index (χ3n) is 3.11. The minimum Gasteiger partial charge on any atom is -0.497 e. The third kappa shape index (κ3) is 6.04. The van der Waals surface area contributed by atoms with E-state index in [0.717, 1.165) is 12.0 Å². The van der Waals surface area contributed by atoms with Gasteiger partial charge in [-0.15, -0.1) is 0 Å². The van der Waals surface area contributed by atoms with Gasteiger partial charge >= 0.3 is 0 Å². The summed E-state index contributed by atoms with van der Waals surface area (Å²) < 4.78 is 10.9. The first-order valence-electron chi connectivity index (χ1n) is 7.28. The third-order valence-corrected chi connectivity index (χ3v) is 3.11. The summed E-state index contributed by atoms with van der Waals surface area (Å²) in [5, 5.41) is 2.87. The van der Waals surface area contributed by atoms with Gasteiger partial charge in [0.2, 0.25) is 0 Å². The van der Waals surface area contributed by atoms with Crippen molar-refractivity contribution in [3.05, 3.63) is 23.8 Å². The highest BCUT2D eigenvalue weighted by molar-refractivity contribution is 5.80. The van der Waals surface area contributed by atoms with Crippen LogP contribution in [0.5, 0.6) is 11.5 Å². The van der Waals surface area contributed by atoms with Crippen LogP contribution in [0.25, 0.3) is 0 Å². The van der Waals surface area contributed by atoms with Crippen molar-refractivity contribution < 1.29 is 14.3 Å². The van der Waals surface area contributed by atoms with Gasteiger partial charge < -0.3 is 20.5 Å². The van der Waals surface area contributed by atoms with Crippen molar-refractivity contribution in [1.82, 2.24) is 5.32 Å². The van der Waals surface area contributed by atoms with E-state index in [1.165, 1.54) is 0 Å². The van der Waals surface area contributed by atoms with Crippen molar-refractivity contribution in [1.29, 1.82) is 0 Å². The Morgan fingerprint density at radius 3 is 2.48 bits per heavy atom. The fourth-order valence-corrected chi connectivity index (χ4v) is 1.82. The molecule has 0 aliphatic carbocycles. The molecule has 1 aromatic carbocycles. The lowest BCUT2D eigenvalue weighted by Gasteiger charge is -2.16. The number of hydrogen-bond acceptors (Lipinski definition) is 4. The minimum atomic E-state index is -0.560. The Kier molecular flexibility index (Phi) is 7.02. The van der Waals surface area contributed by atoms with E-state index >= 15 is 0 Å². The second-order valence-corrected chi connectivity index (χ2v) is 5.45. The molecular formula is C16H26N2O3. The Bertz CT molecular complexity index is 439. The zero-order valence-electron chi connectivity index (χ0n) is 13.3. The van der Waals surface area contributed by atoms with Gasteiger partial charge in [-0.25, -0.2) is 0 Å². The average Bonchev–Trinajstić information content (AvgIpc) is 2.46. The predicted octanol–water partition coefficient (Wildman–Crippen LogP) is 2.08. The molecule has 5 heteroatoms. The van der Waals surface area contributed by atoms with Crippen LogP contribution >= 0.6 is 0 Å². The number of amides is 1. The normalized spacial score (nSPS) is 12.1. The molecule has 0 heterocycles. The summed E-state index contributed by atoms with van der Waals surface area (Å²) in [5.74, 6) is 1.70. The highest BCUT2D eigenvalue weighted by Gasteiger charge is 2.15. The maximum Gasteiger partial charge on any atom is 0.260 e. The lowest BCUT2D eigenvalue weighted by molar-refractivity contribution is -0.127. The van der Waals surface area contributed by atoms with E-state index in [1.54, 1.807) is 20.1 Å². The lowest BCUT2D eigenvalue weighted by atomic mass is 10.1. The molecule has 21 heavy (non-hydrogen) atoms. The fourth-order valence-electron chi connectivity index (χ4n) is 1.82. The standard InChI is InChI=1S/C16H26N2O3/c1-11(2)5-6-18-16(19)12(3)21-15-8-13(10-17)7-14(9-15)20-4/h7-9,11-12H,5-6,10,17H2,1-4H3,(H,18,19). The van der Waals surface area contributed by atoms with E-state index in [1.807, 2.05) is 12.1 Å². The van der Waals surface area contributed by atoms with Crippen LogP contribution in [-0.4, -0.2) is 25.7 Å². The van der Waals surface area contributed by atoms with Crippen LogP contribution in [0.2, 0.25) is 0 Å². The SMILES string of the molecule is COc1cc(CN)cc(OC(C)C(=O)NCCC(C)C)c1. The van der Waals surface area contributed by atoms with E-state index in [2.05, 4.69) is 19.2 Å². The molecule has 0 saturated heterocycles. The number of rotatable bonds is 8. The molecule has 1 atom stereocenters. The average molecular weight is 294 g/mol. The first-order valence-corrected chi connectivity index (χ1v) is 7.28. The van der Waals surface area contributed by atoms with Gasteiger partial charge in [0.15, 0.2) is 6.10 Å². The summed E-state index contributed by atoms with van der Waals surface area (Å²) in [7, 11) is 1.58. The van der Waals surface area contributed by atoms with Crippen LogP contribution in [0, 0.1) is 5.92 Å². The summed E-state index contributed by atoms with van der Waals surface area (Å²) in [4.78, 5) is 11.9. The van der Waals surface area contributed by atoms with Crippen LogP contribution in [0.1, 0.15) is 32.8 Å². The van der Waals surface area contributed by atoms with E-state index in [9.17, 15) is 4.79 Å². The molecule has 118 valence electrons. The smallest absolute Gasteiger partial charge is 0.260 e. The number of methoxy groups -OCH3 is 1. The van der Waals surface area contributed by atoms with E-state index in [4.69, 9.17) is 15.2 Å². The van der Waals surface area contributed by atoms with Crippen molar-refractivity contribution >= 4 is 5.91 Å². The summed E-state index contributed by atoms with van der Waals surface area (Å²) in [6, 6.07) is 5.41. The van der Waals surface area contributed by atoms with Gasteiger partial charge in [0, 0.05) is 19.2 Å². The Labute approximate surface area is 126 Å². The summed E-state index contributed by atoms with van der Waals surface area (Å²) >= 11 is 0. The molecule has 3 N–H and O–H groups in total. The van der Waals surface area contributed by atoms with Crippen LogP contribution in [0.15, 0.2) is 18.2 Å². The maximum absolute atomic E-state index is 11.9. The Balaban J connectivity index is 2.60. The highest BCUT2D eigenvalue weighted by Crippen LogP contribution is 2.23. The molecule has 0 aliphatic rings. The Morgan fingerprint density at radius 1 is 1.24 bits per heavy atom. The number of carbonyl (C=O) groups excluding carboxylic acids is 1. The zero-order chi connectivity index (χ0) is 15.8. The predicted molar refractivity (Wildman–Crippen MR) is 83.4 cm³/mol. The van der Waals surface area contributed by atoms with Crippen molar-refractivity contribution in [3.8, 4) is 11.5 Å². The first kappa shape index (κ1) is 17.3. The van der Waals surface area contributed by atoms with Crippen LogP contribution in [0.3, 0.4) is 0 Å². The molecule has 5 nitrogen and oxygen atoms in total. The topological polar surface area (TPSA) is 73.6 Å². The van der Waals surface area contributed by atoms with E-state index < -0.39 is 6.10 Å². The molecule has 1 aromatic rings. The quantitative estimate of drug-likeness (QED) is 0.770. The van der Waals surface area contributed by atoms with Gasteiger partial charge in [0.1, 0.15) is 11.5 Å². The number of hydrogen-bond donors (Lipinski definition) is 2. The maximum atomic E-state index is 11.9. The first-order chi connectivity index (χ1) is 9.96. The fraction of sp³-hybridized carbons (Fsp3) is 0.562. The molecule has 0 spiro atoms. The van der Waals surface area contributed by atoms with E-state index in [0.29, 0.717) is 30.5 Å². The molecule has 0 aliphatic heterocycles. The monoisotopic (exact) mass is 294 g/mol. The van der Waals surface area contributed by atoms with Crippen LogP contribution in [-0.2, 0) is 11.3 Å². The Morgan fingerprint density at radius 2 is 1.90 bits per heavy atom. The Hall–Kier alpha value is -1.75. The molecule has 1 amide bonds. The van der Waals surface area contributed by atoms with Crippen molar-refractivity contribution in [2.75, 3.05) is 13.7 Å². The molecular weight excluding hydrogens is 268 g/mol. The van der Waals surface area contributed by atoms with E-state index in [-0.39, 0.29) is 5.91 Å². The molecule has 0 saturated carbocycles. The van der Waals surface area contributed by atoms with Crippen LogP contribution in [0.4, 0.5) is 0 Å². The highest BCUT2D eigenvalue weighted by atomic mass is 16.5. The number of ether oxygens (including phenoxy) is 2. The molecule has 1 unspecified atom stereocenters. The molecule has 0 bridgehead atoms. The van der Waals surface area contributed by atoms with Crippen molar-refractivity contribution in [2.45, 2.75) is 39.8 Å².